The minimum atomic E-state index is -0.510. The second kappa shape index (κ2) is 17.3. The number of phenols is 1. The molecule has 366 valence electrons. The quantitative estimate of drug-likeness (QED) is 0.169. The fourth-order valence-corrected chi connectivity index (χ4v) is 12.2. The predicted molar refractivity (Wildman–Crippen MR) is 299 cm³/mol. The average molecular weight is 1130 g/mol. The van der Waals surface area contributed by atoms with Gasteiger partial charge in [0.15, 0.2) is 0 Å². The smallest absolute Gasteiger partial charge is 0.148 e. The number of aromatic nitrogens is 3. The minimum absolute atomic E-state index is 0. The third kappa shape index (κ3) is 7.94. The number of imidazole rings is 1. The summed E-state index contributed by atoms with van der Waals surface area (Å²) in [5.74, 6) is 0.789. The van der Waals surface area contributed by atoms with Crippen LogP contribution in [-0.2, 0) is 42.7 Å². The standard InChI is InChI=1S/C67H60N3O2.Pt/c1-64(2,3)45-35-43(34-44(36-45)54-37-42(32-33-68-54)40-20-13-11-14-21-40)47-25-19-27-56-59(47)69-63(70(56)55-26-18-17-24-46(55)41-22-15-12-16-23-41)52-38-51-50-29-28-48-49(30-31-53-57(48)67(9,10)39-66(53,7)8)61(50)72-62(51)58(60(52)71)65(4,5)6;/h11-33,35-38,71H,39H2,1-10H3;/q-1;. The topological polar surface area (TPSA) is 64.1 Å². The molecule has 8 aromatic carbocycles. The Hall–Kier alpha value is -7.07. The summed E-state index contributed by atoms with van der Waals surface area (Å²) >= 11 is 0. The number of phenolic OH excluding ortho intramolecular Hbond substituents is 1. The molecule has 5 nitrogen and oxygen atoms in total. The molecule has 12 rings (SSSR count). The second-order valence-electron chi connectivity index (χ2n) is 23.4. The van der Waals surface area contributed by atoms with Crippen LogP contribution in [0.4, 0.5) is 0 Å². The van der Waals surface area contributed by atoms with Gasteiger partial charge in [0.1, 0.15) is 22.7 Å². The Morgan fingerprint density at radius 1 is 0.575 bits per heavy atom. The number of fused-ring (bicyclic) bond motifs is 8. The maximum atomic E-state index is 13.1. The predicted octanol–water partition coefficient (Wildman–Crippen LogP) is 17.9. The molecule has 0 atom stereocenters. The number of furan rings is 1. The van der Waals surface area contributed by atoms with E-state index in [4.69, 9.17) is 14.4 Å². The van der Waals surface area contributed by atoms with Gasteiger partial charge in [-0.2, -0.15) is 0 Å². The number of hydrogen-bond acceptors (Lipinski definition) is 4. The van der Waals surface area contributed by atoms with Gasteiger partial charge in [-0.1, -0.05) is 196 Å². The van der Waals surface area contributed by atoms with Crippen molar-refractivity contribution in [1.29, 1.82) is 0 Å². The van der Waals surface area contributed by atoms with Crippen LogP contribution in [0.2, 0.25) is 0 Å². The van der Waals surface area contributed by atoms with Gasteiger partial charge in [0, 0.05) is 60.2 Å². The van der Waals surface area contributed by atoms with E-state index in [-0.39, 0.29) is 43.1 Å². The third-order valence-electron chi connectivity index (χ3n) is 15.3. The second-order valence-corrected chi connectivity index (χ2v) is 23.4. The van der Waals surface area contributed by atoms with Gasteiger partial charge < -0.3 is 9.52 Å². The van der Waals surface area contributed by atoms with Gasteiger partial charge in [-0.15, -0.1) is 29.3 Å². The number of nitrogens with zero attached hydrogens (tertiary/aromatic N) is 3. The van der Waals surface area contributed by atoms with Gasteiger partial charge in [0.05, 0.1) is 22.3 Å². The molecule has 0 saturated heterocycles. The summed E-state index contributed by atoms with van der Waals surface area (Å²) in [6.45, 7) is 22.7. The Morgan fingerprint density at radius 3 is 1.95 bits per heavy atom. The van der Waals surface area contributed by atoms with Crippen LogP contribution in [0.3, 0.4) is 0 Å². The first-order valence-electron chi connectivity index (χ1n) is 25.3. The number of aromatic hydroxyl groups is 1. The van der Waals surface area contributed by atoms with Gasteiger partial charge in [-0.3, -0.25) is 9.55 Å². The van der Waals surface area contributed by atoms with E-state index in [1.165, 1.54) is 22.1 Å². The van der Waals surface area contributed by atoms with Crippen molar-refractivity contribution in [3.8, 4) is 67.5 Å². The first kappa shape index (κ1) is 48.2. The van der Waals surface area contributed by atoms with Crippen molar-refractivity contribution in [2.45, 2.75) is 97.3 Å². The minimum Gasteiger partial charge on any atom is -0.507 e. The molecule has 0 saturated carbocycles. The fourth-order valence-electron chi connectivity index (χ4n) is 12.2. The molecule has 1 aliphatic rings. The molecular formula is C67H60N3O2Pt-. The average Bonchev–Trinajstić information content (AvgIpc) is 3.99. The Kier molecular flexibility index (Phi) is 11.4. The summed E-state index contributed by atoms with van der Waals surface area (Å²) in [5, 5.41) is 17.4. The van der Waals surface area contributed by atoms with Crippen LogP contribution in [0.15, 0.2) is 168 Å². The van der Waals surface area contributed by atoms with E-state index in [1.54, 1.807) is 0 Å². The van der Waals surface area contributed by atoms with Crippen LogP contribution in [0.25, 0.3) is 105 Å². The largest absolute Gasteiger partial charge is 0.507 e. The summed E-state index contributed by atoms with van der Waals surface area (Å²) < 4.78 is 9.37. The Labute approximate surface area is 443 Å². The first-order valence-corrected chi connectivity index (χ1v) is 25.3. The molecule has 0 amide bonds. The third-order valence-corrected chi connectivity index (χ3v) is 15.3. The zero-order chi connectivity index (χ0) is 50.1. The van der Waals surface area contributed by atoms with E-state index >= 15 is 0 Å². The molecule has 1 aliphatic carbocycles. The zero-order valence-electron chi connectivity index (χ0n) is 43.3. The number of para-hydroxylation sites is 2. The number of hydrogen-bond donors (Lipinski definition) is 1. The maximum absolute atomic E-state index is 13.1. The molecule has 0 unspecified atom stereocenters. The van der Waals surface area contributed by atoms with Crippen LogP contribution in [0.5, 0.6) is 5.75 Å². The summed E-state index contributed by atoms with van der Waals surface area (Å²) in [6.07, 6.45) is 2.97. The van der Waals surface area contributed by atoms with E-state index in [0.29, 0.717) is 17.0 Å². The SMILES string of the molecule is CC(C)(C)c1cc(-c2cc(-c3ccccc3)ccn2)[c-]c(-c2cccc3c2nc(-c2cc4c(oc5c6ccc7c(c6ccc45)C(C)(C)CC7(C)C)c(C(C)(C)C)c2O)n3-c2ccccc2-c2ccccc2)c1.[Pt]. The van der Waals surface area contributed by atoms with Crippen LogP contribution in [0.1, 0.15) is 97.9 Å². The van der Waals surface area contributed by atoms with Crippen LogP contribution in [-0.4, -0.2) is 19.6 Å². The molecule has 0 aliphatic heterocycles. The number of rotatable bonds is 6. The molecular weight excluding hydrogens is 1070 g/mol. The van der Waals surface area contributed by atoms with Gasteiger partial charge in [-0.05, 0) is 91.6 Å². The van der Waals surface area contributed by atoms with Crippen molar-refractivity contribution in [1.82, 2.24) is 14.5 Å². The van der Waals surface area contributed by atoms with E-state index in [2.05, 4.69) is 232 Å². The molecule has 6 heteroatoms. The molecule has 0 bridgehead atoms. The molecule has 11 aromatic rings. The van der Waals surface area contributed by atoms with Crippen molar-refractivity contribution in [3.63, 3.8) is 0 Å². The van der Waals surface area contributed by atoms with E-state index in [0.717, 1.165) is 95.1 Å². The molecule has 1 N–H and O–H groups in total. The number of pyridine rings is 1. The molecule has 0 radical (unpaired) electrons. The maximum Gasteiger partial charge on any atom is 0.148 e. The molecule has 3 aromatic heterocycles. The van der Waals surface area contributed by atoms with Crippen molar-refractivity contribution < 1.29 is 30.6 Å². The van der Waals surface area contributed by atoms with Crippen molar-refractivity contribution >= 4 is 43.7 Å². The van der Waals surface area contributed by atoms with Gasteiger partial charge >= 0.3 is 0 Å². The van der Waals surface area contributed by atoms with Crippen LogP contribution in [0, 0.1) is 6.07 Å². The van der Waals surface area contributed by atoms with Crippen LogP contribution < -0.4 is 0 Å². The van der Waals surface area contributed by atoms with Gasteiger partial charge in [-0.25, -0.2) is 4.98 Å². The van der Waals surface area contributed by atoms with Crippen molar-refractivity contribution in [2.24, 2.45) is 0 Å². The molecule has 3 heterocycles. The zero-order valence-corrected chi connectivity index (χ0v) is 45.6. The normalized spacial score (nSPS) is 14.3. The van der Waals surface area contributed by atoms with E-state index in [1.807, 2.05) is 12.3 Å². The van der Waals surface area contributed by atoms with Gasteiger partial charge in [0.25, 0.3) is 0 Å². The number of benzene rings is 8. The summed E-state index contributed by atoms with van der Waals surface area (Å²) in [7, 11) is 0. The summed E-state index contributed by atoms with van der Waals surface area (Å²) in [6, 6.07) is 59.7. The molecule has 0 spiro atoms. The first-order chi connectivity index (χ1) is 34.4. The van der Waals surface area contributed by atoms with Gasteiger partial charge in [0.2, 0.25) is 0 Å². The van der Waals surface area contributed by atoms with Crippen LogP contribution >= 0.6 is 0 Å². The Morgan fingerprint density at radius 2 is 1.22 bits per heavy atom. The summed E-state index contributed by atoms with van der Waals surface area (Å²) in [5.41, 5.74) is 16.9. The molecule has 0 fully saturated rings. The molecule has 73 heavy (non-hydrogen) atoms. The van der Waals surface area contributed by atoms with E-state index in [9.17, 15) is 5.11 Å². The Bertz CT molecular complexity index is 3980. The Balaban J connectivity index is 0.00000574. The summed E-state index contributed by atoms with van der Waals surface area (Å²) in [4.78, 5) is 10.7. The van der Waals surface area contributed by atoms with E-state index < -0.39 is 5.41 Å². The van der Waals surface area contributed by atoms with Crippen molar-refractivity contribution in [2.75, 3.05) is 0 Å². The fraction of sp³-hybridized carbons (Fsp3) is 0.224. The van der Waals surface area contributed by atoms with Crippen molar-refractivity contribution in [3.05, 3.63) is 192 Å². The monoisotopic (exact) mass is 1130 g/mol.